The van der Waals surface area contributed by atoms with E-state index < -0.39 is 5.09 Å². The lowest BCUT2D eigenvalue weighted by atomic mass is 10.6. The first-order valence-electron chi connectivity index (χ1n) is 0.783. The largest absolute Gasteiger partial charge is 0.399 e. The van der Waals surface area contributed by atoms with E-state index in [2.05, 4.69) is 12.8 Å². The molecule has 5 heavy (non-hydrogen) atoms. The van der Waals surface area contributed by atoms with E-state index in [1.807, 2.05) is 0 Å². The van der Waals surface area contributed by atoms with Gasteiger partial charge >= 0.3 is 8.05 Å². The third-order valence-electron chi connectivity index (χ3n) is 0.0861. The van der Waals surface area contributed by atoms with E-state index in [-0.39, 0.29) is 0 Å². The summed E-state index contributed by atoms with van der Waals surface area (Å²) in [5.41, 5.74) is 0. The van der Waals surface area contributed by atoms with Gasteiger partial charge in [-0.2, -0.15) is 0 Å². The summed E-state index contributed by atoms with van der Waals surface area (Å²) in [7, 11) is 3.97. The van der Waals surface area contributed by atoms with Crippen molar-refractivity contribution in [3.05, 3.63) is 10.1 Å². The molecule has 0 amide bonds. The average molecular weight is 72.8 g/mol. The van der Waals surface area contributed by atoms with Gasteiger partial charge in [-0.1, -0.05) is 0 Å². The number of rotatable bonds is 1. The maximum Gasteiger partial charge on any atom is 0.341 e. The first-order chi connectivity index (χ1) is 2.27. The van der Waals surface area contributed by atoms with E-state index in [0.29, 0.717) is 0 Å². The molecular formula is BNO3. The summed E-state index contributed by atoms with van der Waals surface area (Å²) < 4.78 is 2.97. The van der Waals surface area contributed by atoms with Crippen molar-refractivity contribution in [3.8, 4) is 0 Å². The fourth-order valence-electron chi connectivity index (χ4n) is 0. The van der Waals surface area contributed by atoms with Crippen LogP contribution in [0, 0.1) is 10.1 Å². The summed E-state index contributed by atoms with van der Waals surface area (Å²) in [5.74, 6) is 0. The molecule has 0 aromatic rings. The molecule has 0 saturated heterocycles. The lowest BCUT2D eigenvalue weighted by Gasteiger charge is -1.76. The molecule has 0 aliphatic carbocycles. The van der Waals surface area contributed by atoms with E-state index >= 15 is 0 Å². The Morgan fingerprint density at radius 2 is 2.20 bits per heavy atom. The Labute approximate surface area is 29.3 Å². The Bertz CT molecular complexity index is 42.2. The smallest absolute Gasteiger partial charge is 0.341 e. The molecule has 0 fully saturated rings. The van der Waals surface area contributed by atoms with Crippen molar-refractivity contribution in [1.29, 1.82) is 0 Å². The Morgan fingerprint density at radius 3 is 2.20 bits per heavy atom. The maximum absolute atomic E-state index is 8.83. The lowest BCUT2D eigenvalue weighted by Crippen LogP contribution is -1.93. The third kappa shape index (κ3) is 3.26. The van der Waals surface area contributed by atoms with E-state index in [1.54, 1.807) is 0 Å². The molecular weight excluding hydrogens is 72.8 g/mol. The van der Waals surface area contributed by atoms with Crippen molar-refractivity contribution >= 4 is 8.05 Å². The van der Waals surface area contributed by atoms with Gasteiger partial charge in [0.25, 0.3) is 5.09 Å². The number of hydrogen-bond donors (Lipinski definition) is 0. The Morgan fingerprint density at radius 1 is 2.00 bits per heavy atom. The first-order valence-corrected chi connectivity index (χ1v) is 0.783. The van der Waals surface area contributed by atoms with Crippen molar-refractivity contribution in [2.45, 2.75) is 0 Å². The predicted octanol–water partition coefficient (Wildman–Crippen LogP) is -0.722. The molecule has 0 rings (SSSR count). The van der Waals surface area contributed by atoms with Gasteiger partial charge in [0, 0.05) is 0 Å². The van der Waals surface area contributed by atoms with Gasteiger partial charge in [-0.3, -0.25) is 0 Å². The van der Waals surface area contributed by atoms with E-state index in [1.165, 1.54) is 0 Å². The predicted molar refractivity (Wildman–Crippen MR) is 13.8 cm³/mol. The van der Waals surface area contributed by atoms with Crippen LogP contribution in [0.3, 0.4) is 0 Å². The normalized spacial score (nSPS) is 6.40. The summed E-state index contributed by atoms with van der Waals surface area (Å²) in [6.07, 6.45) is 0. The zero-order valence-electron chi connectivity index (χ0n) is 2.25. The first kappa shape index (κ1) is 4.26. The highest BCUT2D eigenvalue weighted by Crippen LogP contribution is 1.55. The van der Waals surface area contributed by atoms with Crippen molar-refractivity contribution in [2.24, 2.45) is 0 Å². The van der Waals surface area contributed by atoms with Crippen LogP contribution < -0.4 is 0 Å². The summed E-state index contributed by atoms with van der Waals surface area (Å²) in [6, 6.07) is 0. The summed E-state index contributed by atoms with van der Waals surface area (Å²) >= 11 is 0. The van der Waals surface area contributed by atoms with Gasteiger partial charge in [0.05, 0.1) is 0 Å². The molecule has 0 heterocycles. The minimum Gasteiger partial charge on any atom is -0.399 e. The van der Waals surface area contributed by atoms with Crippen molar-refractivity contribution in [1.82, 2.24) is 0 Å². The molecule has 0 bridgehead atoms. The number of nitrogens with zero attached hydrogens (tertiary/aromatic N) is 1. The monoisotopic (exact) mass is 73.0 g/mol. The molecule has 0 aromatic carbocycles. The third-order valence-corrected chi connectivity index (χ3v) is 0.0861. The zero-order chi connectivity index (χ0) is 4.28. The average Bonchev–Trinajstić information content (AvgIpc) is 1.38. The molecule has 5 heteroatoms. The quantitative estimate of drug-likeness (QED) is 0.233. The van der Waals surface area contributed by atoms with Gasteiger partial charge in [-0.25, -0.2) is 0 Å². The van der Waals surface area contributed by atoms with E-state index in [9.17, 15) is 0 Å². The second-order valence-electron chi connectivity index (χ2n) is 0.329. The van der Waals surface area contributed by atoms with Crippen LogP contribution >= 0.6 is 0 Å². The van der Waals surface area contributed by atoms with Gasteiger partial charge in [0.2, 0.25) is 0 Å². The summed E-state index contributed by atoms with van der Waals surface area (Å²) in [6.45, 7) is 0. The Balaban J connectivity index is 2.85. The molecule has 0 N–H and O–H groups in total. The van der Waals surface area contributed by atoms with Crippen LogP contribution in [0.2, 0.25) is 0 Å². The SMILES string of the molecule is [B]O[N+](=O)[O-]. The van der Waals surface area contributed by atoms with Crippen LogP contribution in [0.4, 0.5) is 0 Å². The van der Waals surface area contributed by atoms with Gasteiger partial charge < -0.3 is 4.76 Å². The molecule has 4 nitrogen and oxygen atoms in total. The lowest BCUT2D eigenvalue weighted by molar-refractivity contribution is -0.714. The van der Waals surface area contributed by atoms with Gasteiger partial charge in [-0.05, 0) is 0 Å². The fourth-order valence-corrected chi connectivity index (χ4v) is 0. The van der Waals surface area contributed by atoms with E-state index in [0.717, 1.165) is 0 Å². The molecule has 0 aliphatic heterocycles. The minimum atomic E-state index is -1.10. The van der Waals surface area contributed by atoms with Crippen LogP contribution in [-0.2, 0) is 4.76 Å². The molecule has 2 radical (unpaired) electrons. The summed E-state index contributed by atoms with van der Waals surface area (Å²) in [5, 5.41) is 7.73. The fraction of sp³-hybridized carbons (Fsp3) is 0. The molecule has 0 aliphatic rings. The molecule has 0 spiro atoms. The van der Waals surface area contributed by atoms with Crippen LogP contribution in [0.15, 0.2) is 0 Å². The summed E-state index contributed by atoms with van der Waals surface area (Å²) in [4.78, 5) is 8.83. The highest BCUT2D eigenvalue weighted by molar-refractivity contribution is 5.97. The van der Waals surface area contributed by atoms with Crippen LogP contribution in [-0.4, -0.2) is 13.1 Å². The number of hydrogen-bond acceptors (Lipinski definition) is 3. The van der Waals surface area contributed by atoms with Crippen molar-refractivity contribution in [3.63, 3.8) is 0 Å². The van der Waals surface area contributed by atoms with Crippen molar-refractivity contribution in [2.75, 3.05) is 0 Å². The topological polar surface area (TPSA) is 52.4 Å². The maximum atomic E-state index is 8.83. The molecule has 0 aromatic heterocycles. The molecule has 0 atom stereocenters. The molecule has 0 unspecified atom stereocenters. The Hall–Kier alpha value is -0.735. The highest BCUT2D eigenvalue weighted by Gasteiger charge is 1.77. The van der Waals surface area contributed by atoms with Gasteiger partial charge in [0.15, 0.2) is 0 Å². The standard InChI is InChI=1S/BNO3/c1-5-2(3)4. The van der Waals surface area contributed by atoms with Gasteiger partial charge in [-0.15, -0.1) is 10.1 Å². The van der Waals surface area contributed by atoms with E-state index in [4.69, 9.17) is 10.1 Å². The highest BCUT2D eigenvalue weighted by atomic mass is 16.9. The molecule has 0 saturated carbocycles. The molecule has 26 valence electrons. The van der Waals surface area contributed by atoms with Crippen LogP contribution in [0.5, 0.6) is 0 Å². The van der Waals surface area contributed by atoms with Crippen molar-refractivity contribution < 1.29 is 9.84 Å². The minimum absolute atomic E-state index is 1.10. The Kier molecular flexibility index (Phi) is 1.34. The second kappa shape index (κ2) is 1.57. The van der Waals surface area contributed by atoms with Crippen LogP contribution in [0.25, 0.3) is 0 Å². The van der Waals surface area contributed by atoms with Crippen LogP contribution in [0.1, 0.15) is 0 Å². The second-order valence-corrected chi connectivity index (χ2v) is 0.329. The van der Waals surface area contributed by atoms with Gasteiger partial charge in [0.1, 0.15) is 0 Å². The zero-order valence-corrected chi connectivity index (χ0v) is 2.25.